The Kier molecular flexibility index (Phi) is 7.97. The van der Waals surface area contributed by atoms with Crippen molar-refractivity contribution in [1.29, 1.82) is 0 Å². The van der Waals surface area contributed by atoms with Crippen molar-refractivity contribution in [3.05, 3.63) is 0 Å². The SMILES string of the molecule is CCCC(CN(C)CCS(C)(=O)=O)NCC. The average molecular weight is 250 g/mol. The van der Waals surface area contributed by atoms with Gasteiger partial charge in [0.15, 0.2) is 0 Å². The Morgan fingerprint density at radius 3 is 2.38 bits per heavy atom. The van der Waals surface area contributed by atoms with Gasteiger partial charge in [0.1, 0.15) is 9.84 Å². The van der Waals surface area contributed by atoms with Crippen LogP contribution in [0.3, 0.4) is 0 Å². The van der Waals surface area contributed by atoms with Gasteiger partial charge in [-0.1, -0.05) is 20.3 Å². The van der Waals surface area contributed by atoms with Gasteiger partial charge in [0.05, 0.1) is 5.75 Å². The molecule has 0 saturated carbocycles. The summed E-state index contributed by atoms with van der Waals surface area (Å²) < 4.78 is 22.1. The van der Waals surface area contributed by atoms with Crippen LogP contribution in [0.5, 0.6) is 0 Å². The number of hydrogen-bond donors (Lipinski definition) is 1. The minimum Gasteiger partial charge on any atom is -0.313 e. The lowest BCUT2D eigenvalue weighted by Crippen LogP contribution is -2.40. The maximum Gasteiger partial charge on any atom is 0.148 e. The molecule has 0 aliphatic carbocycles. The summed E-state index contributed by atoms with van der Waals surface area (Å²) in [5.41, 5.74) is 0. The Morgan fingerprint density at radius 1 is 1.31 bits per heavy atom. The van der Waals surface area contributed by atoms with E-state index in [0.717, 1.165) is 25.9 Å². The van der Waals surface area contributed by atoms with E-state index in [9.17, 15) is 8.42 Å². The second-order valence-corrected chi connectivity index (χ2v) is 6.70. The number of hydrogen-bond acceptors (Lipinski definition) is 4. The van der Waals surface area contributed by atoms with Crippen molar-refractivity contribution >= 4 is 9.84 Å². The fourth-order valence-corrected chi connectivity index (χ4v) is 2.33. The molecule has 0 fully saturated rings. The van der Waals surface area contributed by atoms with Gasteiger partial charge < -0.3 is 10.2 Å². The van der Waals surface area contributed by atoms with Crippen molar-refractivity contribution in [3.8, 4) is 0 Å². The monoisotopic (exact) mass is 250 g/mol. The summed E-state index contributed by atoms with van der Waals surface area (Å²) in [6, 6.07) is 0.472. The molecule has 0 aromatic carbocycles. The molecule has 0 aromatic heterocycles. The number of nitrogens with zero attached hydrogens (tertiary/aromatic N) is 1. The quantitative estimate of drug-likeness (QED) is 0.656. The molecule has 0 aliphatic rings. The Hall–Kier alpha value is -0.130. The lowest BCUT2D eigenvalue weighted by molar-refractivity contribution is 0.294. The van der Waals surface area contributed by atoms with E-state index in [4.69, 9.17) is 0 Å². The number of rotatable bonds is 9. The van der Waals surface area contributed by atoms with Gasteiger partial charge in [-0.15, -0.1) is 0 Å². The minimum absolute atomic E-state index is 0.245. The minimum atomic E-state index is -2.84. The average Bonchev–Trinajstić information content (AvgIpc) is 2.14. The molecule has 5 heteroatoms. The molecule has 1 N–H and O–H groups in total. The Labute approximate surface area is 100 Å². The number of sulfone groups is 1. The summed E-state index contributed by atoms with van der Waals surface area (Å²) in [6.45, 7) is 6.76. The highest BCUT2D eigenvalue weighted by molar-refractivity contribution is 7.90. The van der Waals surface area contributed by atoms with Crippen LogP contribution in [0.25, 0.3) is 0 Å². The molecule has 0 bridgehead atoms. The predicted molar refractivity (Wildman–Crippen MR) is 69.6 cm³/mol. The van der Waals surface area contributed by atoms with E-state index in [2.05, 4.69) is 24.1 Å². The highest BCUT2D eigenvalue weighted by Crippen LogP contribution is 1.99. The van der Waals surface area contributed by atoms with Gasteiger partial charge in [-0.3, -0.25) is 0 Å². The third-order valence-corrected chi connectivity index (χ3v) is 3.43. The van der Waals surface area contributed by atoms with Crippen molar-refractivity contribution in [1.82, 2.24) is 10.2 Å². The van der Waals surface area contributed by atoms with Crippen LogP contribution in [0, 0.1) is 0 Å². The van der Waals surface area contributed by atoms with E-state index in [0.29, 0.717) is 12.6 Å². The van der Waals surface area contributed by atoms with Crippen LogP contribution in [0.2, 0.25) is 0 Å². The second kappa shape index (κ2) is 8.03. The normalized spacial score (nSPS) is 14.3. The van der Waals surface area contributed by atoms with Gasteiger partial charge in [-0.05, 0) is 20.0 Å². The van der Waals surface area contributed by atoms with Gasteiger partial charge in [0.2, 0.25) is 0 Å². The Balaban J connectivity index is 3.94. The molecule has 0 aromatic rings. The van der Waals surface area contributed by atoms with E-state index in [1.54, 1.807) is 0 Å². The Morgan fingerprint density at radius 2 is 1.94 bits per heavy atom. The zero-order valence-electron chi connectivity index (χ0n) is 11.0. The summed E-state index contributed by atoms with van der Waals surface area (Å²) in [5, 5.41) is 3.42. The van der Waals surface area contributed by atoms with Crippen LogP contribution in [0.1, 0.15) is 26.7 Å². The van der Waals surface area contributed by atoms with Gasteiger partial charge >= 0.3 is 0 Å². The summed E-state index contributed by atoms with van der Waals surface area (Å²) >= 11 is 0. The molecular formula is C11H26N2O2S. The predicted octanol–water partition coefficient (Wildman–Crippen LogP) is 0.741. The highest BCUT2D eigenvalue weighted by Gasteiger charge is 2.11. The molecule has 98 valence electrons. The van der Waals surface area contributed by atoms with Crippen molar-refractivity contribution < 1.29 is 8.42 Å². The van der Waals surface area contributed by atoms with E-state index >= 15 is 0 Å². The van der Waals surface area contributed by atoms with Crippen LogP contribution in [0.15, 0.2) is 0 Å². The number of nitrogens with one attached hydrogen (secondary N) is 1. The third-order valence-electron chi connectivity index (χ3n) is 2.51. The first-order valence-corrected chi connectivity index (χ1v) is 8.04. The molecule has 0 spiro atoms. The van der Waals surface area contributed by atoms with E-state index in [1.165, 1.54) is 6.26 Å². The lowest BCUT2D eigenvalue weighted by Gasteiger charge is -2.24. The summed E-state index contributed by atoms with van der Waals surface area (Å²) in [5.74, 6) is 0.245. The summed E-state index contributed by atoms with van der Waals surface area (Å²) in [6.07, 6.45) is 3.57. The molecule has 0 aliphatic heterocycles. The van der Waals surface area contributed by atoms with Crippen LogP contribution < -0.4 is 5.32 Å². The topological polar surface area (TPSA) is 49.4 Å². The fourth-order valence-electron chi connectivity index (χ4n) is 1.68. The van der Waals surface area contributed by atoms with Crippen LogP contribution in [-0.4, -0.2) is 58.1 Å². The first kappa shape index (κ1) is 15.9. The van der Waals surface area contributed by atoms with E-state index in [-0.39, 0.29) is 5.75 Å². The molecule has 1 atom stereocenters. The van der Waals surface area contributed by atoms with Crippen molar-refractivity contribution in [2.75, 3.05) is 38.7 Å². The van der Waals surface area contributed by atoms with E-state index < -0.39 is 9.84 Å². The van der Waals surface area contributed by atoms with E-state index in [1.807, 2.05) is 7.05 Å². The molecule has 0 heterocycles. The molecule has 16 heavy (non-hydrogen) atoms. The van der Waals surface area contributed by atoms with Crippen molar-refractivity contribution in [2.24, 2.45) is 0 Å². The second-order valence-electron chi connectivity index (χ2n) is 4.44. The largest absolute Gasteiger partial charge is 0.313 e. The molecule has 1 unspecified atom stereocenters. The lowest BCUT2D eigenvalue weighted by atomic mass is 10.1. The van der Waals surface area contributed by atoms with Gasteiger partial charge in [-0.2, -0.15) is 0 Å². The Bertz CT molecular complexity index is 259. The third kappa shape index (κ3) is 9.12. The van der Waals surface area contributed by atoms with Crippen LogP contribution >= 0.6 is 0 Å². The first-order valence-electron chi connectivity index (χ1n) is 5.98. The molecule has 0 amide bonds. The maximum absolute atomic E-state index is 11.0. The van der Waals surface area contributed by atoms with Gasteiger partial charge in [0.25, 0.3) is 0 Å². The van der Waals surface area contributed by atoms with Gasteiger partial charge in [-0.25, -0.2) is 8.42 Å². The zero-order valence-corrected chi connectivity index (χ0v) is 11.8. The first-order chi connectivity index (χ1) is 7.39. The zero-order chi connectivity index (χ0) is 12.6. The standard InChI is InChI=1S/C11H26N2O2S/c1-5-7-11(12-6-2)10-13(3)8-9-16(4,14)15/h11-12H,5-10H2,1-4H3. The van der Waals surface area contributed by atoms with Crippen LogP contribution in [-0.2, 0) is 9.84 Å². The maximum atomic E-state index is 11.0. The highest BCUT2D eigenvalue weighted by atomic mass is 32.2. The summed E-state index contributed by atoms with van der Waals surface area (Å²) in [4.78, 5) is 2.09. The summed E-state index contributed by atoms with van der Waals surface area (Å²) in [7, 11) is -0.864. The molecular weight excluding hydrogens is 224 g/mol. The van der Waals surface area contributed by atoms with Crippen molar-refractivity contribution in [2.45, 2.75) is 32.7 Å². The molecule has 0 radical (unpaired) electrons. The molecule has 0 saturated heterocycles. The smallest absolute Gasteiger partial charge is 0.148 e. The van der Waals surface area contributed by atoms with Crippen LogP contribution in [0.4, 0.5) is 0 Å². The number of likely N-dealkylation sites (N-methyl/N-ethyl adjacent to an activating group) is 2. The van der Waals surface area contributed by atoms with Crippen molar-refractivity contribution in [3.63, 3.8) is 0 Å². The van der Waals surface area contributed by atoms with Gasteiger partial charge in [0, 0.05) is 25.4 Å². The molecule has 0 rings (SSSR count). The fraction of sp³-hybridized carbons (Fsp3) is 1.00. The molecule has 4 nitrogen and oxygen atoms in total.